The van der Waals surface area contributed by atoms with E-state index >= 15 is 0 Å². The largest absolute Gasteiger partial charge is 0.496 e. The van der Waals surface area contributed by atoms with E-state index in [0.717, 1.165) is 11.8 Å². The molecule has 0 amide bonds. The number of hydrogen-bond acceptors (Lipinski definition) is 5. The molecule has 120 valence electrons. The summed E-state index contributed by atoms with van der Waals surface area (Å²) in [5, 5.41) is 0. The first-order valence-corrected chi connectivity index (χ1v) is 7.03. The van der Waals surface area contributed by atoms with Crippen LogP contribution in [0.15, 0.2) is 36.4 Å². The predicted molar refractivity (Wildman–Crippen MR) is 85.7 cm³/mol. The number of benzene rings is 2. The van der Waals surface area contributed by atoms with Gasteiger partial charge in [0.05, 0.1) is 14.2 Å². The molecule has 0 N–H and O–H groups in total. The van der Waals surface area contributed by atoms with Crippen molar-refractivity contribution in [1.29, 1.82) is 0 Å². The van der Waals surface area contributed by atoms with Crippen LogP contribution in [-0.4, -0.2) is 26.3 Å². The fourth-order valence-corrected chi connectivity index (χ4v) is 2.12. The normalized spacial score (nSPS) is 10.0. The molecule has 0 aliphatic heterocycles. The minimum atomic E-state index is -0.0260. The van der Waals surface area contributed by atoms with Crippen LogP contribution < -0.4 is 14.2 Å². The SMILES string of the molecule is COc1cc(C(C)=O)ccc1COc1ccc(C=O)cc1OC. The topological polar surface area (TPSA) is 61.8 Å². The number of rotatable bonds is 7. The Morgan fingerprint density at radius 1 is 1.00 bits per heavy atom. The number of Topliss-reactive ketones (excluding diaryl/α,β-unsaturated/α-hetero) is 1. The van der Waals surface area contributed by atoms with Gasteiger partial charge in [0.15, 0.2) is 17.3 Å². The number of carbonyl (C=O) groups is 2. The van der Waals surface area contributed by atoms with Crippen molar-refractivity contribution < 1.29 is 23.8 Å². The number of hydrogen-bond donors (Lipinski definition) is 0. The first-order valence-electron chi connectivity index (χ1n) is 7.03. The number of ether oxygens (including phenoxy) is 3. The quantitative estimate of drug-likeness (QED) is 0.579. The summed E-state index contributed by atoms with van der Waals surface area (Å²) in [6.45, 7) is 1.75. The second-order valence-electron chi connectivity index (χ2n) is 4.90. The van der Waals surface area contributed by atoms with Gasteiger partial charge in [-0.25, -0.2) is 0 Å². The van der Waals surface area contributed by atoms with E-state index in [-0.39, 0.29) is 12.4 Å². The number of aldehydes is 1. The number of carbonyl (C=O) groups excluding carboxylic acids is 2. The third kappa shape index (κ3) is 3.88. The van der Waals surface area contributed by atoms with Crippen LogP contribution in [0.2, 0.25) is 0 Å². The summed E-state index contributed by atoms with van der Waals surface area (Å²) in [5.41, 5.74) is 1.90. The van der Waals surface area contributed by atoms with E-state index in [1.54, 1.807) is 43.5 Å². The van der Waals surface area contributed by atoms with Crippen molar-refractivity contribution in [2.45, 2.75) is 13.5 Å². The minimum Gasteiger partial charge on any atom is -0.496 e. The molecular weight excluding hydrogens is 296 g/mol. The van der Waals surface area contributed by atoms with Crippen molar-refractivity contribution in [3.05, 3.63) is 53.1 Å². The van der Waals surface area contributed by atoms with Crippen molar-refractivity contribution in [2.75, 3.05) is 14.2 Å². The molecule has 2 rings (SSSR count). The summed E-state index contributed by atoms with van der Waals surface area (Å²) in [7, 11) is 3.06. The van der Waals surface area contributed by atoms with E-state index in [1.807, 2.05) is 0 Å². The van der Waals surface area contributed by atoms with Gasteiger partial charge in [-0.2, -0.15) is 0 Å². The van der Waals surface area contributed by atoms with Crippen LogP contribution >= 0.6 is 0 Å². The molecule has 0 heterocycles. The zero-order valence-electron chi connectivity index (χ0n) is 13.3. The van der Waals surface area contributed by atoms with E-state index in [4.69, 9.17) is 14.2 Å². The molecule has 5 nitrogen and oxygen atoms in total. The van der Waals surface area contributed by atoms with Gasteiger partial charge in [0.1, 0.15) is 18.6 Å². The maximum absolute atomic E-state index is 11.4. The molecule has 0 aromatic heterocycles. The molecular formula is C18H18O5. The predicted octanol–water partition coefficient (Wildman–Crippen LogP) is 3.30. The lowest BCUT2D eigenvalue weighted by molar-refractivity contribution is 0.101. The summed E-state index contributed by atoms with van der Waals surface area (Å²) in [6, 6.07) is 10.2. The highest BCUT2D eigenvalue weighted by Crippen LogP contribution is 2.29. The highest BCUT2D eigenvalue weighted by Gasteiger charge is 2.10. The zero-order valence-corrected chi connectivity index (χ0v) is 13.3. The molecule has 0 fully saturated rings. The Labute approximate surface area is 134 Å². The van der Waals surface area contributed by atoms with Crippen molar-refractivity contribution in [3.8, 4) is 17.2 Å². The molecule has 2 aromatic rings. The van der Waals surface area contributed by atoms with Crippen LogP contribution in [0, 0.1) is 0 Å². The standard InChI is InChI=1S/C18H18O5/c1-12(20)14-5-6-15(17(9-14)21-2)11-23-16-7-4-13(10-19)8-18(16)22-3/h4-10H,11H2,1-3H3. The monoisotopic (exact) mass is 314 g/mol. The molecule has 0 bridgehead atoms. The molecule has 23 heavy (non-hydrogen) atoms. The van der Waals surface area contributed by atoms with Crippen molar-refractivity contribution in [2.24, 2.45) is 0 Å². The van der Waals surface area contributed by atoms with Gasteiger partial charge >= 0.3 is 0 Å². The lowest BCUT2D eigenvalue weighted by atomic mass is 10.1. The summed E-state index contributed by atoms with van der Waals surface area (Å²) < 4.78 is 16.3. The molecule has 0 aliphatic carbocycles. The van der Waals surface area contributed by atoms with E-state index in [2.05, 4.69) is 0 Å². The van der Waals surface area contributed by atoms with Crippen LogP contribution in [0.1, 0.15) is 33.2 Å². The zero-order chi connectivity index (χ0) is 16.8. The van der Waals surface area contributed by atoms with Crippen LogP contribution in [0.25, 0.3) is 0 Å². The first-order chi connectivity index (χ1) is 11.1. The molecule has 5 heteroatoms. The van der Waals surface area contributed by atoms with Crippen molar-refractivity contribution >= 4 is 12.1 Å². The summed E-state index contributed by atoms with van der Waals surface area (Å²) in [5.74, 6) is 1.56. The smallest absolute Gasteiger partial charge is 0.161 e. The second-order valence-corrected chi connectivity index (χ2v) is 4.90. The molecule has 0 radical (unpaired) electrons. The molecule has 0 atom stereocenters. The van der Waals surface area contributed by atoms with Crippen molar-refractivity contribution in [1.82, 2.24) is 0 Å². The minimum absolute atomic E-state index is 0.0260. The number of ketones is 1. The lowest BCUT2D eigenvalue weighted by Crippen LogP contribution is -2.02. The fraction of sp³-hybridized carbons (Fsp3) is 0.222. The van der Waals surface area contributed by atoms with Crippen molar-refractivity contribution in [3.63, 3.8) is 0 Å². The highest BCUT2D eigenvalue weighted by molar-refractivity contribution is 5.94. The van der Waals surface area contributed by atoms with Crippen LogP contribution in [0.3, 0.4) is 0 Å². The average Bonchev–Trinajstić information content (AvgIpc) is 2.59. The lowest BCUT2D eigenvalue weighted by Gasteiger charge is -2.13. The maximum Gasteiger partial charge on any atom is 0.161 e. The van der Waals surface area contributed by atoms with Gasteiger partial charge in [-0.05, 0) is 31.2 Å². The summed E-state index contributed by atoms with van der Waals surface area (Å²) >= 11 is 0. The van der Waals surface area contributed by atoms with Gasteiger partial charge in [-0.3, -0.25) is 9.59 Å². The molecule has 0 aliphatic rings. The molecule has 0 saturated carbocycles. The third-order valence-corrected chi connectivity index (χ3v) is 3.40. The Bertz CT molecular complexity index is 721. The van der Waals surface area contributed by atoms with E-state index in [1.165, 1.54) is 14.0 Å². The third-order valence-electron chi connectivity index (χ3n) is 3.40. The first kappa shape index (κ1) is 16.5. The van der Waals surface area contributed by atoms with Crippen LogP contribution in [0.4, 0.5) is 0 Å². The van der Waals surface area contributed by atoms with Gasteiger partial charge in [0, 0.05) is 16.7 Å². The van der Waals surface area contributed by atoms with Gasteiger partial charge in [0.2, 0.25) is 0 Å². The Hall–Kier alpha value is -2.82. The highest BCUT2D eigenvalue weighted by atomic mass is 16.5. The average molecular weight is 314 g/mol. The fourth-order valence-electron chi connectivity index (χ4n) is 2.12. The van der Waals surface area contributed by atoms with Gasteiger partial charge < -0.3 is 14.2 Å². The Morgan fingerprint density at radius 3 is 2.35 bits per heavy atom. The summed E-state index contributed by atoms with van der Waals surface area (Å²) in [4.78, 5) is 22.2. The Morgan fingerprint density at radius 2 is 1.74 bits per heavy atom. The molecule has 0 saturated heterocycles. The van der Waals surface area contributed by atoms with E-state index in [0.29, 0.717) is 28.4 Å². The molecule has 0 spiro atoms. The van der Waals surface area contributed by atoms with E-state index < -0.39 is 0 Å². The Kier molecular flexibility index (Phi) is 5.36. The van der Waals surface area contributed by atoms with Gasteiger partial charge in [-0.15, -0.1) is 0 Å². The Balaban J connectivity index is 2.20. The second kappa shape index (κ2) is 7.45. The van der Waals surface area contributed by atoms with Crippen LogP contribution in [-0.2, 0) is 6.61 Å². The number of methoxy groups -OCH3 is 2. The maximum atomic E-state index is 11.4. The van der Waals surface area contributed by atoms with Gasteiger partial charge in [-0.1, -0.05) is 12.1 Å². The van der Waals surface area contributed by atoms with E-state index in [9.17, 15) is 9.59 Å². The van der Waals surface area contributed by atoms with Crippen LogP contribution in [0.5, 0.6) is 17.2 Å². The molecule has 0 unspecified atom stereocenters. The summed E-state index contributed by atoms with van der Waals surface area (Å²) in [6.07, 6.45) is 0.746. The van der Waals surface area contributed by atoms with Gasteiger partial charge in [0.25, 0.3) is 0 Å². The molecule has 2 aromatic carbocycles.